The lowest BCUT2D eigenvalue weighted by Gasteiger charge is -2.19. The van der Waals surface area contributed by atoms with Gasteiger partial charge in [0.05, 0.1) is 12.2 Å². The van der Waals surface area contributed by atoms with Gasteiger partial charge in [-0.1, -0.05) is 0 Å². The Morgan fingerprint density at radius 3 is 2.84 bits per heavy atom. The third-order valence-electron chi connectivity index (χ3n) is 3.71. The van der Waals surface area contributed by atoms with Gasteiger partial charge in [-0.3, -0.25) is 0 Å². The summed E-state index contributed by atoms with van der Waals surface area (Å²) in [4.78, 5) is 10.9. The van der Waals surface area contributed by atoms with E-state index in [1.165, 1.54) is 19.4 Å². The summed E-state index contributed by atoms with van der Waals surface area (Å²) in [7, 11) is 2.17. The first-order valence-electron chi connectivity index (χ1n) is 6.76. The minimum Gasteiger partial charge on any atom is -0.477 e. The van der Waals surface area contributed by atoms with Crippen molar-refractivity contribution < 1.29 is 4.74 Å². The maximum Gasteiger partial charge on any atom is 0.221 e. The Morgan fingerprint density at radius 1 is 1.42 bits per heavy atom. The van der Waals surface area contributed by atoms with E-state index in [-0.39, 0.29) is 0 Å². The summed E-state index contributed by atoms with van der Waals surface area (Å²) < 4.78 is 5.80. The van der Waals surface area contributed by atoms with Crippen LogP contribution in [0.25, 0.3) is 0 Å². The number of ether oxygens (including phenoxy) is 1. The molecule has 0 aromatic carbocycles. The van der Waals surface area contributed by atoms with E-state index in [9.17, 15) is 0 Å². The van der Waals surface area contributed by atoms with Crippen LogP contribution in [0.3, 0.4) is 0 Å². The van der Waals surface area contributed by atoms with Crippen LogP contribution in [0, 0.1) is 13.8 Å². The lowest BCUT2D eigenvalue weighted by atomic mass is 10.1. The maximum atomic E-state index is 5.80. The van der Waals surface area contributed by atoms with Crippen LogP contribution >= 0.6 is 0 Å². The predicted molar refractivity (Wildman–Crippen MR) is 75.1 cm³/mol. The SMILES string of the molecule is Cc1nc(NN)c(C)c(OCCC2CCCN2C)n1. The zero-order chi connectivity index (χ0) is 13.8. The molecule has 1 aromatic rings. The van der Waals surface area contributed by atoms with Gasteiger partial charge in [0.25, 0.3) is 0 Å². The quantitative estimate of drug-likeness (QED) is 0.616. The van der Waals surface area contributed by atoms with E-state index < -0.39 is 0 Å². The molecule has 1 unspecified atom stereocenters. The minimum absolute atomic E-state index is 0.625. The largest absolute Gasteiger partial charge is 0.477 e. The van der Waals surface area contributed by atoms with Crippen LogP contribution in [0.4, 0.5) is 5.82 Å². The van der Waals surface area contributed by atoms with Crippen molar-refractivity contribution in [2.24, 2.45) is 5.84 Å². The molecule has 1 atom stereocenters. The predicted octanol–water partition coefficient (Wildman–Crippen LogP) is 1.24. The molecule has 0 amide bonds. The van der Waals surface area contributed by atoms with Gasteiger partial charge in [0.2, 0.25) is 5.88 Å². The lowest BCUT2D eigenvalue weighted by molar-refractivity contribution is 0.227. The highest BCUT2D eigenvalue weighted by Gasteiger charge is 2.20. The van der Waals surface area contributed by atoms with E-state index in [1.54, 1.807) is 0 Å². The van der Waals surface area contributed by atoms with Gasteiger partial charge in [0, 0.05) is 6.04 Å². The average molecular weight is 265 g/mol. The summed E-state index contributed by atoms with van der Waals surface area (Å²) in [6, 6.07) is 0.635. The molecule has 1 aliphatic heterocycles. The second-order valence-corrected chi connectivity index (χ2v) is 5.11. The Balaban J connectivity index is 1.94. The second-order valence-electron chi connectivity index (χ2n) is 5.11. The first-order valence-corrected chi connectivity index (χ1v) is 6.76. The zero-order valence-corrected chi connectivity index (χ0v) is 11.9. The Bertz CT molecular complexity index is 437. The van der Waals surface area contributed by atoms with Gasteiger partial charge in [-0.05, 0) is 46.7 Å². The Hall–Kier alpha value is -1.40. The van der Waals surface area contributed by atoms with Crippen LogP contribution in [0.15, 0.2) is 0 Å². The van der Waals surface area contributed by atoms with Crippen molar-refractivity contribution in [1.82, 2.24) is 14.9 Å². The molecule has 1 aromatic heterocycles. The first kappa shape index (κ1) is 14.0. The molecule has 0 saturated carbocycles. The molecule has 0 aliphatic carbocycles. The molecule has 19 heavy (non-hydrogen) atoms. The molecule has 0 spiro atoms. The van der Waals surface area contributed by atoms with Gasteiger partial charge in [-0.25, -0.2) is 10.8 Å². The number of nitrogen functional groups attached to an aromatic ring is 1. The number of nitrogens with zero attached hydrogens (tertiary/aromatic N) is 3. The van der Waals surface area contributed by atoms with Crippen molar-refractivity contribution in [2.75, 3.05) is 25.6 Å². The number of hydrogen-bond acceptors (Lipinski definition) is 6. The highest BCUT2D eigenvalue weighted by Crippen LogP contribution is 2.22. The van der Waals surface area contributed by atoms with Crippen LogP contribution in [-0.4, -0.2) is 41.1 Å². The highest BCUT2D eigenvalue weighted by atomic mass is 16.5. The highest BCUT2D eigenvalue weighted by molar-refractivity contribution is 5.47. The summed E-state index contributed by atoms with van der Waals surface area (Å²) in [5, 5.41) is 0. The van der Waals surface area contributed by atoms with Crippen molar-refractivity contribution in [1.29, 1.82) is 0 Å². The molecule has 3 N–H and O–H groups in total. The summed E-state index contributed by atoms with van der Waals surface area (Å²) >= 11 is 0. The number of aromatic nitrogens is 2. The Labute approximate surface area is 114 Å². The van der Waals surface area contributed by atoms with Gasteiger partial charge >= 0.3 is 0 Å². The van der Waals surface area contributed by atoms with Crippen molar-refractivity contribution in [3.8, 4) is 5.88 Å². The molecule has 106 valence electrons. The van der Waals surface area contributed by atoms with Gasteiger partial charge in [0.1, 0.15) is 11.6 Å². The van der Waals surface area contributed by atoms with Gasteiger partial charge in [-0.15, -0.1) is 0 Å². The second kappa shape index (κ2) is 6.16. The van der Waals surface area contributed by atoms with Gasteiger partial charge in [0.15, 0.2) is 0 Å². The van der Waals surface area contributed by atoms with Crippen molar-refractivity contribution >= 4 is 5.82 Å². The molecular weight excluding hydrogens is 242 g/mol. The van der Waals surface area contributed by atoms with Crippen LogP contribution < -0.4 is 16.0 Å². The van der Waals surface area contributed by atoms with Crippen LogP contribution in [0.5, 0.6) is 5.88 Å². The number of hydrogen-bond donors (Lipinski definition) is 2. The van der Waals surface area contributed by atoms with Crippen molar-refractivity contribution in [3.63, 3.8) is 0 Å². The molecule has 1 saturated heterocycles. The summed E-state index contributed by atoms with van der Waals surface area (Å²) in [6.45, 7) is 5.61. The summed E-state index contributed by atoms with van der Waals surface area (Å²) in [5.41, 5.74) is 3.43. The number of anilines is 1. The smallest absolute Gasteiger partial charge is 0.221 e. The zero-order valence-electron chi connectivity index (χ0n) is 11.9. The maximum absolute atomic E-state index is 5.80. The van der Waals surface area contributed by atoms with E-state index >= 15 is 0 Å². The van der Waals surface area contributed by atoms with E-state index in [2.05, 4.69) is 27.3 Å². The van der Waals surface area contributed by atoms with E-state index in [1.807, 2.05) is 13.8 Å². The van der Waals surface area contributed by atoms with Crippen molar-refractivity contribution in [2.45, 2.75) is 39.2 Å². The van der Waals surface area contributed by atoms with Crippen LogP contribution in [0.1, 0.15) is 30.7 Å². The summed E-state index contributed by atoms with van der Waals surface area (Å²) in [6.07, 6.45) is 3.58. The number of hydrazine groups is 1. The molecule has 0 bridgehead atoms. The van der Waals surface area contributed by atoms with Crippen LogP contribution in [-0.2, 0) is 0 Å². The van der Waals surface area contributed by atoms with Crippen molar-refractivity contribution in [3.05, 3.63) is 11.4 Å². The topological polar surface area (TPSA) is 76.3 Å². The number of nitrogens with two attached hydrogens (primary N) is 1. The number of nitrogens with one attached hydrogen (secondary N) is 1. The first-order chi connectivity index (χ1) is 9.11. The van der Waals surface area contributed by atoms with E-state index in [0.717, 1.165) is 12.0 Å². The average Bonchev–Trinajstić information content (AvgIpc) is 2.79. The molecule has 6 heteroatoms. The fourth-order valence-electron chi connectivity index (χ4n) is 2.52. The third kappa shape index (κ3) is 3.33. The van der Waals surface area contributed by atoms with E-state index in [4.69, 9.17) is 10.6 Å². The Kier molecular flexibility index (Phi) is 4.55. The fraction of sp³-hybridized carbons (Fsp3) is 0.692. The van der Waals surface area contributed by atoms with Crippen LogP contribution in [0.2, 0.25) is 0 Å². The standard InChI is InChI=1S/C13H23N5O/c1-9-12(17-14)15-10(2)16-13(9)19-8-6-11-5-4-7-18(11)3/h11H,4-8,14H2,1-3H3,(H,15,16,17). The Morgan fingerprint density at radius 2 is 2.21 bits per heavy atom. The molecule has 1 fully saturated rings. The third-order valence-corrected chi connectivity index (χ3v) is 3.71. The molecule has 0 radical (unpaired) electrons. The molecule has 6 nitrogen and oxygen atoms in total. The summed E-state index contributed by atoms with van der Waals surface area (Å²) in [5.74, 6) is 7.34. The number of rotatable bonds is 5. The van der Waals surface area contributed by atoms with Gasteiger partial charge < -0.3 is 15.1 Å². The lowest BCUT2D eigenvalue weighted by Crippen LogP contribution is -2.26. The monoisotopic (exact) mass is 265 g/mol. The fourth-order valence-corrected chi connectivity index (χ4v) is 2.52. The van der Waals surface area contributed by atoms with Gasteiger partial charge in [-0.2, -0.15) is 4.98 Å². The minimum atomic E-state index is 0.625. The molecular formula is C13H23N5O. The normalized spacial score (nSPS) is 19.7. The molecule has 2 rings (SSSR count). The molecule has 2 heterocycles. The molecule has 1 aliphatic rings. The number of aryl methyl sites for hydroxylation is 1. The van der Waals surface area contributed by atoms with E-state index in [0.29, 0.717) is 30.2 Å². The number of likely N-dealkylation sites (tertiary alicyclic amines) is 1.